The number of hydrogen-bond acceptors (Lipinski definition) is 5. The summed E-state index contributed by atoms with van der Waals surface area (Å²) in [6.07, 6.45) is 4.34. The van der Waals surface area contributed by atoms with Crippen LogP contribution in [-0.4, -0.2) is 43.4 Å². The molecule has 0 spiro atoms. The van der Waals surface area contributed by atoms with Crippen LogP contribution in [0.4, 0.5) is 11.4 Å². The van der Waals surface area contributed by atoms with Gasteiger partial charge in [-0.1, -0.05) is 12.1 Å². The first-order valence-electron chi connectivity index (χ1n) is 10.4. The van der Waals surface area contributed by atoms with E-state index in [0.29, 0.717) is 30.8 Å². The lowest BCUT2D eigenvalue weighted by molar-refractivity contribution is -0.137. The second-order valence-electron chi connectivity index (χ2n) is 7.13. The highest BCUT2D eigenvalue weighted by molar-refractivity contribution is 6.00. The van der Waals surface area contributed by atoms with Gasteiger partial charge < -0.3 is 20.3 Å². The first kappa shape index (κ1) is 22.7. The van der Waals surface area contributed by atoms with Crippen molar-refractivity contribution in [3.63, 3.8) is 0 Å². The molecule has 8 nitrogen and oxygen atoms in total. The van der Waals surface area contributed by atoms with Crippen molar-refractivity contribution in [3.05, 3.63) is 65.7 Å². The summed E-state index contributed by atoms with van der Waals surface area (Å²) in [5, 5.41) is 5.28. The van der Waals surface area contributed by atoms with Crippen molar-refractivity contribution in [2.45, 2.75) is 19.8 Å². The number of anilines is 2. The number of nitrogens with one attached hydrogen (secondary N) is 2. The fourth-order valence-electron chi connectivity index (χ4n) is 3.21. The lowest BCUT2D eigenvalue weighted by atomic mass is 10.2. The van der Waals surface area contributed by atoms with Crippen molar-refractivity contribution >= 4 is 41.1 Å². The third-order valence-electron chi connectivity index (χ3n) is 4.82. The molecule has 0 bridgehead atoms. The van der Waals surface area contributed by atoms with Crippen molar-refractivity contribution in [1.29, 1.82) is 0 Å². The maximum absolute atomic E-state index is 12.3. The first-order chi connectivity index (χ1) is 15.5. The van der Waals surface area contributed by atoms with E-state index in [2.05, 4.69) is 10.6 Å². The fourth-order valence-corrected chi connectivity index (χ4v) is 3.21. The highest BCUT2D eigenvalue weighted by atomic mass is 16.5. The molecule has 8 heteroatoms. The van der Waals surface area contributed by atoms with E-state index in [1.54, 1.807) is 66.4 Å². The van der Waals surface area contributed by atoms with Crippen LogP contribution in [-0.2, 0) is 19.1 Å². The number of hydrogen-bond donors (Lipinski definition) is 2. The summed E-state index contributed by atoms with van der Waals surface area (Å²) in [6, 6.07) is 13.6. The average molecular weight is 435 g/mol. The van der Waals surface area contributed by atoms with Crippen LogP contribution in [0.2, 0.25) is 0 Å². The Bertz CT molecular complexity index is 1010. The molecule has 32 heavy (non-hydrogen) atoms. The fraction of sp³-hybridized carbons (Fsp3) is 0.250. The normalized spacial score (nSPS) is 13.3. The lowest BCUT2D eigenvalue weighted by Crippen LogP contribution is -2.32. The lowest BCUT2D eigenvalue weighted by Gasteiger charge is -2.15. The van der Waals surface area contributed by atoms with Gasteiger partial charge in [0.1, 0.15) is 0 Å². The van der Waals surface area contributed by atoms with Gasteiger partial charge >= 0.3 is 5.97 Å². The molecule has 1 saturated heterocycles. The Morgan fingerprint density at radius 2 is 1.78 bits per heavy atom. The highest BCUT2D eigenvalue weighted by Crippen LogP contribution is 2.21. The Kier molecular flexibility index (Phi) is 7.75. The number of amides is 3. The molecule has 1 aliphatic heterocycles. The molecule has 1 heterocycles. The summed E-state index contributed by atoms with van der Waals surface area (Å²) in [4.78, 5) is 49.3. The molecule has 2 N–H and O–H groups in total. The van der Waals surface area contributed by atoms with Crippen molar-refractivity contribution in [2.75, 3.05) is 29.9 Å². The molecule has 3 rings (SSSR count). The first-order valence-corrected chi connectivity index (χ1v) is 10.4. The number of benzene rings is 2. The SMILES string of the molecule is CCOC(=O)/C=C/c1ccc(NC(=O)CNC(=O)c2ccc(N3CCCC3=O)cc2)cc1. The summed E-state index contributed by atoms with van der Waals surface area (Å²) < 4.78 is 4.82. The van der Waals surface area contributed by atoms with Gasteiger partial charge in [-0.05, 0) is 61.4 Å². The van der Waals surface area contributed by atoms with Crippen LogP contribution in [0.1, 0.15) is 35.7 Å². The zero-order valence-corrected chi connectivity index (χ0v) is 17.8. The summed E-state index contributed by atoms with van der Waals surface area (Å²) in [6.45, 7) is 2.55. The summed E-state index contributed by atoms with van der Waals surface area (Å²) >= 11 is 0. The quantitative estimate of drug-likeness (QED) is 0.490. The topological polar surface area (TPSA) is 105 Å². The second kappa shape index (κ2) is 10.9. The molecule has 0 aromatic heterocycles. The number of carbonyl (C=O) groups excluding carboxylic acids is 4. The molecule has 3 amide bonds. The Balaban J connectivity index is 1.46. The summed E-state index contributed by atoms with van der Waals surface area (Å²) in [7, 11) is 0. The van der Waals surface area contributed by atoms with E-state index in [-0.39, 0.29) is 24.3 Å². The Morgan fingerprint density at radius 3 is 2.41 bits per heavy atom. The predicted molar refractivity (Wildman–Crippen MR) is 121 cm³/mol. The van der Waals surface area contributed by atoms with Crippen LogP contribution >= 0.6 is 0 Å². The largest absolute Gasteiger partial charge is 0.463 e. The third-order valence-corrected chi connectivity index (χ3v) is 4.82. The van der Waals surface area contributed by atoms with Gasteiger partial charge in [-0.3, -0.25) is 14.4 Å². The van der Waals surface area contributed by atoms with Gasteiger partial charge in [-0.2, -0.15) is 0 Å². The van der Waals surface area contributed by atoms with Crippen molar-refractivity contribution in [3.8, 4) is 0 Å². The predicted octanol–water partition coefficient (Wildman–Crippen LogP) is 2.76. The van der Waals surface area contributed by atoms with Crippen LogP contribution in [0.3, 0.4) is 0 Å². The second-order valence-corrected chi connectivity index (χ2v) is 7.13. The molecular formula is C24H25N3O5. The van der Waals surface area contributed by atoms with Crippen LogP contribution in [0.15, 0.2) is 54.6 Å². The smallest absolute Gasteiger partial charge is 0.330 e. The minimum Gasteiger partial charge on any atom is -0.463 e. The Hall–Kier alpha value is -3.94. The van der Waals surface area contributed by atoms with E-state index in [1.807, 2.05) is 0 Å². The molecule has 0 unspecified atom stereocenters. The van der Waals surface area contributed by atoms with Gasteiger partial charge in [0, 0.05) is 36.0 Å². The molecule has 2 aromatic rings. The maximum Gasteiger partial charge on any atom is 0.330 e. The summed E-state index contributed by atoms with van der Waals surface area (Å²) in [5.41, 5.74) is 2.52. The van der Waals surface area contributed by atoms with Gasteiger partial charge in [0.15, 0.2) is 0 Å². The van der Waals surface area contributed by atoms with Gasteiger partial charge in [-0.25, -0.2) is 4.79 Å². The third kappa shape index (κ3) is 6.28. The molecule has 1 fully saturated rings. The molecule has 0 saturated carbocycles. The Morgan fingerprint density at radius 1 is 1.06 bits per heavy atom. The van der Waals surface area contributed by atoms with E-state index in [0.717, 1.165) is 17.7 Å². The number of rotatable bonds is 8. The zero-order chi connectivity index (χ0) is 22.9. The average Bonchev–Trinajstić information content (AvgIpc) is 3.23. The monoisotopic (exact) mass is 435 g/mol. The van der Waals surface area contributed by atoms with E-state index in [4.69, 9.17) is 4.74 Å². The van der Waals surface area contributed by atoms with Gasteiger partial charge in [0.25, 0.3) is 5.91 Å². The Labute approximate surface area is 186 Å². The molecule has 0 atom stereocenters. The van der Waals surface area contributed by atoms with Crippen LogP contribution in [0.5, 0.6) is 0 Å². The minimum absolute atomic E-state index is 0.0851. The van der Waals surface area contributed by atoms with Crippen LogP contribution < -0.4 is 15.5 Å². The number of esters is 1. The van der Waals surface area contributed by atoms with E-state index >= 15 is 0 Å². The van der Waals surface area contributed by atoms with E-state index in [9.17, 15) is 19.2 Å². The van der Waals surface area contributed by atoms with Crippen LogP contribution in [0, 0.1) is 0 Å². The van der Waals surface area contributed by atoms with Gasteiger partial charge in [0.05, 0.1) is 13.2 Å². The minimum atomic E-state index is -0.417. The molecule has 1 aliphatic rings. The number of carbonyl (C=O) groups is 4. The van der Waals surface area contributed by atoms with Crippen molar-refractivity contribution in [2.24, 2.45) is 0 Å². The zero-order valence-electron chi connectivity index (χ0n) is 17.8. The molecule has 2 aromatic carbocycles. The standard InChI is InChI=1S/C24H25N3O5/c1-2-32-23(30)14-7-17-5-10-19(11-6-17)26-21(28)16-25-24(31)18-8-12-20(13-9-18)27-15-3-4-22(27)29/h5-14H,2-4,15-16H2,1H3,(H,25,31)(H,26,28)/b14-7+. The van der Waals surface area contributed by atoms with Crippen LogP contribution in [0.25, 0.3) is 6.08 Å². The van der Waals surface area contributed by atoms with Gasteiger partial charge in [0.2, 0.25) is 11.8 Å². The summed E-state index contributed by atoms with van der Waals surface area (Å²) in [5.74, 6) is -1.08. The highest BCUT2D eigenvalue weighted by Gasteiger charge is 2.21. The maximum atomic E-state index is 12.3. The number of ether oxygens (including phenoxy) is 1. The molecule has 166 valence electrons. The molecule has 0 aliphatic carbocycles. The van der Waals surface area contributed by atoms with Crippen molar-refractivity contribution < 1.29 is 23.9 Å². The number of nitrogens with zero attached hydrogens (tertiary/aromatic N) is 1. The van der Waals surface area contributed by atoms with Crippen molar-refractivity contribution in [1.82, 2.24) is 5.32 Å². The van der Waals surface area contributed by atoms with E-state index in [1.165, 1.54) is 6.08 Å². The molecular weight excluding hydrogens is 410 g/mol. The molecule has 0 radical (unpaired) electrons. The van der Waals surface area contributed by atoms with Gasteiger partial charge in [-0.15, -0.1) is 0 Å². The van der Waals surface area contributed by atoms with E-state index < -0.39 is 5.97 Å².